The van der Waals surface area contributed by atoms with Gasteiger partial charge in [0.2, 0.25) is 5.95 Å². The molecule has 1 aromatic heterocycles. The van der Waals surface area contributed by atoms with Crippen molar-refractivity contribution in [1.82, 2.24) is 9.97 Å². The van der Waals surface area contributed by atoms with E-state index in [1.54, 1.807) is 0 Å². The molecule has 1 aromatic carbocycles. The van der Waals surface area contributed by atoms with Crippen LogP contribution in [0, 0.1) is 18.6 Å². The zero-order valence-electron chi connectivity index (χ0n) is 13.8. The Hall–Kier alpha value is -2.24. The van der Waals surface area contributed by atoms with Crippen LogP contribution in [-0.2, 0) is 0 Å². The molecule has 2 N–H and O–H groups in total. The van der Waals surface area contributed by atoms with E-state index in [1.165, 1.54) is 43.9 Å². The van der Waals surface area contributed by atoms with Crippen LogP contribution < -0.4 is 10.6 Å². The van der Waals surface area contributed by atoms with Crippen molar-refractivity contribution < 1.29 is 8.78 Å². The second kappa shape index (κ2) is 7.55. The molecule has 0 amide bonds. The molecule has 0 atom stereocenters. The Morgan fingerprint density at radius 2 is 1.67 bits per heavy atom. The first-order valence-corrected chi connectivity index (χ1v) is 8.45. The molecule has 1 aliphatic rings. The summed E-state index contributed by atoms with van der Waals surface area (Å²) in [5.74, 6) is -0.458. The maximum atomic E-state index is 13.8. The van der Waals surface area contributed by atoms with Gasteiger partial charge in [-0.3, -0.25) is 0 Å². The number of nitrogens with one attached hydrogen (secondary N) is 2. The standard InChI is InChI=1S/C18H22F2N4/c1-12-11-16(22-13-7-4-2-3-5-8-13)23-18(21-12)24-17-14(19)9-6-10-15(17)20/h6,9-11,13H,2-5,7-8H2,1H3,(H2,21,22,23,24). The van der Waals surface area contributed by atoms with Crippen LogP contribution in [0.15, 0.2) is 24.3 Å². The van der Waals surface area contributed by atoms with E-state index in [4.69, 9.17) is 0 Å². The molecule has 1 heterocycles. The third-order valence-corrected chi connectivity index (χ3v) is 4.26. The van der Waals surface area contributed by atoms with Crippen molar-refractivity contribution in [2.75, 3.05) is 10.6 Å². The molecule has 24 heavy (non-hydrogen) atoms. The lowest BCUT2D eigenvalue weighted by molar-refractivity contribution is 0.590. The SMILES string of the molecule is Cc1cc(NC2CCCCCC2)nc(Nc2c(F)cccc2F)n1. The number of aryl methyl sites for hydroxylation is 1. The lowest BCUT2D eigenvalue weighted by Crippen LogP contribution is -2.19. The fourth-order valence-electron chi connectivity index (χ4n) is 3.06. The van der Waals surface area contributed by atoms with Crippen LogP contribution >= 0.6 is 0 Å². The van der Waals surface area contributed by atoms with Crippen LogP contribution in [0.1, 0.15) is 44.2 Å². The Bertz CT molecular complexity index is 677. The van der Waals surface area contributed by atoms with E-state index in [1.807, 2.05) is 13.0 Å². The van der Waals surface area contributed by atoms with Crippen molar-refractivity contribution in [3.8, 4) is 0 Å². The third kappa shape index (κ3) is 4.19. The zero-order chi connectivity index (χ0) is 16.9. The fraction of sp³-hybridized carbons (Fsp3) is 0.444. The second-order valence-electron chi connectivity index (χ2n) is 6.27. The van der Waals surface area contributed by atoms with Gasteiger partial charge >= 0.3 is 0 Å². The first-order chi connectivity index (χ1) is 11.6. The van der Waals surface area contributed by atoms with E-state index in [0.29, 0.717) is 11.9 Å². The summed E-state index contributed by atoms with van der Waals surface area (Å²) in [4.78, 5) is 8.60. The van der Waals surface area contributed by atoms with Gasteiger partial charge in [-0.15, -0.1) is 0 Å². The molecule has 0 spiro atoms. The number of benzene rings is 1. The minimum atomic E-state index is -0.668. The highest BCUT2D eigenvalue weighted by atomic mass is 19.1. The lowest BCUT2D eigenvalue weighted by Gasteiger charge is -2.18. The number of halogens is 2. The highest BCUT2D eigenvalue weighted by molar-refractivity contribution is 5.56. The molecule has 0 saturated heterocycles. The van der Waals surface area contributed by atoms with Crippen molar-refractivity contribution in [2.24, 2.45) is 0 Å². The summed E-state index contributed by atoms with van der Waals surface area (Å²) in [6, 6.07) is 5.97. The molecule has 4 nitrogen and oxygen atoms in total. The normalized spacial score (nSPS) is 15.8. The number of hydrogen-bond acceptors (Lipinski definition) is 4. The number of rotatable bonds is 4. The van der Waals surface area contributed by atoms with Crippen molar-refractivity contribution in [3.63, 3.8) is 0 Å². The van der Waals surface area contributed by atoms with Gasteiger partial charge < -0.3 is 10.6 Å². The third-order valence-electron chi connectivity index (χ3n) is 4.26. The summed E-state index contributed by atoms with van der Waals surface area (Å²) in [5.41, 5.74) is 0.504. The summed E-state index contributed by atoms with van der Waals surface area (Å²) in [5, 5.41) is 6.10. The van der Waals surface area contributed by atoms with Crippen LogP contribution in [-0.4, -0.2) is 16.0 Å². The maximum Gasteiger partial charge on any atom is 0.229 e. The summed E-state index contributed by atoms with van der Waals surface area (Å²) in [6.45, 7) is 1.84. The molecule has 1 aliphatic carbocycles. The molecular formula is C18H22F2N4. The predicted molar refractivity (Wildman–Crippen MR) is 91.5 cm³/mol. The van der Waals surface area contributed by atoms with Gasteiger partial charge in [0, 0.05) is 17.8 Å². The molecule has 1 saturated carbocycles. The first kappa shape index (κ1) is 16.6. The largest absolute Gasteiger partial charge is 0.367 e. The van der Waals surface area contributed by atoms with Crippen LogP contribution in [0.25, 0.3) is 0 Å². The highest BCUT2D eigenvalue weighted by Crippen LogP contribution is 2.24. The molecular weight excluding hydrogens is 310 g/mol. The van der Waals surface area contributed by atoms with Crippen LogP contribution in [0.3, 0.4) is 0 Å². The van der Waals surface area contributed by atoms with E-state index in [-0.39, 0.29) is 11.6 Å². The predicted octanol–water partition coefficient (Wildman–Crippen LogP) is 4.94. The van der Waals surface area contributed by atoms with Crippen LogP contribution in [0.2, 0.25) is 0 Å². The van der Waals surface area contributed by atoms with E-state index in [2.05, 4.69) is 20.6 Å². The van der Waals surface area contributed by atoms with Gasteiger partial charge in [-0.05, 0) is 31.9 Å². The molecule has 1 fully saturated rings. The molecule has 0 bridgehead atoms. The zero-order valence-corrected chi connectivity index (χ0v) is 13.8. The summed E-state index contributed by atoms with van der Waals surface area (Å²) in [6.07, 6.45) is 7.22. The summed E-state index contributed by atoms with van der Waals surface area (Å²) < 4.78 is 27.6. The molecule has 6 heteroatoms. The average Bonchev–Trinajstić information content (AvgIpc) is 2.79. The van der Waals surface area contributed by atoms with E-state index in [9.17, 15) is 8.78 Å². The number of anilines is 3. The number of hydrogen-bond donors (Lipinski definition) is 2. The van der Waals surface area contributed by atoms with Crippen molar-refractivity contribution >= 4 is 17.5 Å². The first-order valence-electron chi connectivity index (χ1n) is 8.45. The monoisotopic (exact) mass is 332 g/mol. The van der Waals surface area contributed by atoms with Gasteiger partial charge in [0.05, 0.1) is 0 Å². The van der Waals surface area contributed by atoms with Crippen molar-refractivity contribution in [3.05, 3.63) is 41.6 Å². The average molecular weight is 332 g/mol. The van der Waals surface area contributed by atoms with Gasteiger partial charge in [0.25, 0.3) is 0 Å². The molecule has 128 valence electrons. The highest BCUT2D eigenvalue weighted by Gasteiger charge is 2.14. The van der Waals surface area contributed by atoms with Crippen molar-refractivity contribution in [2.45, 2.75) is 51.5 Å². The topological polar surface area (TPSA) is 49.8 Å². The Labute approximate surface area is 140 Å². The van der Waals surface area contributed by atoms with Crippen LogP contribution in [0.4, 0.5) is 26.2 Å². The molecule has 0 aliphatic heterocycles. The smallest absolute Gasteiger partial charge is 0.229 e. The van der Waals surface area contributed by atoms with Crippen LogP contribution in [0.5, 0.6) is 0 Å². The number of para-hydroxylation sites is 1. The maximum absolute atomic E-state index is 13.8. The van der Waals surface area contributed by atoms with Crippen molar-refractivity contribution in [1.29, 1.82) is 0 Å². The minimum absolute atomic E-state index is 0.190. The van der Waals surface area contributed by atoms with E-state index in [0.717, 1.165) is 18.5 Å². The molecule has 2 aromatic rings. The summed E-state index contributed by atoms with van der Waals surface area (Å²) >= 11 is 0. The number of aromatic nitrogens is 2. The van der Waals surface area contributed by atoms with Gasteiger partial charge in [-0.2, -0.15) is 4.98 Å². The van der Waals surface area contributed by atoms with Gasteiger partial charge in [-0.1, -0.05) is 31.7 Å². The van der Waals surface area contributed by atoms with Gasteiger partial charge in [0.1, 0.15) is 23.1 Å². The molecule has 0 radical (unpaired) electrons. The second-order valence-corrected chi connectivity index (χ2v) is 6.27. The Morgan fingerprint density at radius 1 is 1.00 bits per heavy atom. The number of nitrogens with zero attached hydrogens (tertiary/aromatic N) is 2. The minimum Gasteiger partial charge on any atom is -0.367 e. The van der Waals surface area contributed by atoms with E-state index < -0.39 is 11.6 Å². The fourth-order valence-corrected chi connectivity index (χ4v) is 3.06. The Kier molecular flexibility index (Phi) is 5.23. The Balaban J connectivity index is 1.78. The van der Waals surface area contributed by atoms with Gasteiger partial charge in [0.15, 0.2) is 0 Å². The van der Waals surface area contributed by atoms with E-state index >= 15 is 0 Å². The van der Waals surface area contributed by atoms with Gasteiger partial charge in [-0.25, -0.2) is 13.8 Å². The molecule has 3 rings (SSSR count). The molecule has 0 unspecified atom stereocenters. The summed E-state index contributed by atoms with van der Waals surface area (Å²) in [7, 11) is 0. The Morgan fingerprint density at radius 3 is 2.33 bits per heavy atom. The quantitative estimate of drug-likeness (QED) is 0.779. The lowest BCUT2D eigenvalue weighted by atomic mass is 10.1.